The number of aliphatic hydroxyl groups excluding tert-OH is 3. The molecule has 0 amide bonds. The molecule has 0 saturated carbocycles. The lowest BCUT2D eigenvalue weighted by molar-refractivity contribution is -0.327. The minimum absolute atomic E-state index is 0.104. The lowest BCUT2D eigenvalue weighted by Crippen LogP contribution is -2.44. The third-order valence-electron chi connectivity index (χ3n) is 3.11. The first-order valence-corrected chi connectivity index (χ1v) is 7.91. The predicted octanol–water partition coefficient (Wildman–Crippen LogP) is -0.310. The van der Waals surface area contributed by atoms with Gasteiger partial charge in [0.25, 0.3) is 0 Å². The summed E-state index contributed by atoms with van der Waals surface area (Å²) < 4.78 is 19.7. The summed E-state index contributed by atoms with van der Waals surface area (Å²) >= 11 is 0. The normalized spacial score (nSPS) is 12.2. The summed E-state index contributed by atoms with van der Waals surface area (Å²) in [4.78, 5) is 36.0. The van der Waals surface area contributed by atoms with E-state index in [-0.39, 0.29) is 18.6 Å². The number of esters is 3. The molecular weight excluding hydrogens is 364 g/mol. The van der Waals surface area contributed by atoms with Gasteiger partial charge >= 0.3 is 23.9 Å². The van der Waals surface area contributed by atoms with Crippen molar-refractivity contribution in [3.05, 3.63) is 36.1 Å². The van der Waals surface area contributed by atoms with Crippen molar-refractivity contribution in [1.29, 1.82) is 0 Å². The van der Waals surface area contributed by atoms with Gasteiger partial charge in [0.2, 0.25) is 0 Å². The van der Waals surface area contributed by atoms with E-state index in [1.165, 1.54) is 6.92 Å². The van der Waals surface area contributed by atoms with Crippen LogP contribution in [0.5, 0.6) is 0 Å². The quantitative estimate of drug-likeness (QED) is 0.176. The van der Waals surface area contributed by atoms with E-state index in [0.717, 1.165) is 6.08 Å². The molecule has 0 heterocycles. The molecule has 0 saturated heterocycles. The molecule has 0 radical (unpaired) electrons. The Kier molecular flexibility index (Phi) is 10.7. The van der Waals surface area contributed by atoms with Crippen molar-refractivity contribution in [2.75, 3.05) is 26.4 Å². The highest BCUT2D eigenvalue weighted by Crippen LogP contribution is 2.24. The Bertz CT molecular complexity index is 601. The van der Waals surface area contributed by atoms with Crippen LogP contribution in [0.1, 0.15) is 20.3 Å². The lowest BCUT2D eigenvalue weighted by atomic mass is 10.1. The zero-order chi connectivity index (χ0) is 21.0. The topological polar surface area (TPSA) is 149 Å². The van der Waals surface area contributed by atoms with Gasteiger partial charge in [0, 0.05) is 6.08 Å². The Morgan fingerprint density at radius 3 is 1.93 bits per heavy atom. The van der Waals surface area contributed by atoms with Crippen molar-refractivity contribution >= 4 is 17.9 Å². The van der Waals surface area contributed by atoms with Crippen molar-refractivity contribution < 1.29 is 48.7 Å². The fourth-order valence-electron chi connectivity index (χ4n) is 1.67. The Balaban J connectivity index is 5.83. The van der Waals surface area contributed by atoms with E-state index < -0.39 is 55.0 Å². The van der Waals surface area contributed by atoms with E-state index in [0.29, 0.717) is 0 Å². The molecule has 0 aromatic rings. The molecule has 0 fully saturated rings. The molecule has 0 bridgehead atoms. The molecule has 10 heteroatoms. The van der Waals surface area contributed by atoms with E-state index in [4.69, 9.17) is 29.2 Å². The molecule has 1 unspecified atom stereocenters. The summed E-state index contributed by atoms with van der Waals surface area (Å²) in [6, 6.07) is 0. The number of rotatable bonds is 12. The van der Waals surface area contributed by atoms with Crippen LogP contribution in [0.4, 0.5) is 0 Å². The van der Waals surface area contributed by atoms with Crippen molar-refractivity contribution in [3.63, 3.8) is 0 Å². The van der Waals surface area contributed by atoms with E-state index in [9.17, 15) is 19.5 Å². The Labute approximate surface area is 156 Å². The second-order valence-corrected chi connectivity index (χ2v) is 4.85. The molecular formula is C17H24O10. The molecule has 0 aliphatic carbocycles. The molecule has 0 aromatic carbocycles. The van der Waals surface area contributed by atoms with E-state index >= 15 is 0 Å². The van der Waals surface area contributed by atoms with Crippen molar-refractivity contribution in [3.8, 4) is 0 Å². The minimum atomic E-state index is -2.52. The summed E-state index contributed by atoms with van der Waals surface area (Å²) in [5, 5.41) is 27.6. The van der Waals surface area contributed by atoms with Crippen molar-refractivity contribution in [2.24, 2.45) is 0 Å². The Morgan fingerprint density at radius 1 is 0.963 bits per heavy atom. The zero-order valence-electron chi connectivity index (χ0n) is 15.2. The molecule has 0 rings (SSSR count). The highest BCUT2D eigenvalue weighted by Gasteiger charge is 2.43. The van der Waals surface area contributed by atoms with Crippen molar-refractivity contribution in [1.82, 2.24) is 0 Å². The third-order valence-corrected chi connectivity index (χ3v) is 3.11. The number of hydrogen-bond donors (Lipinski definition) is 3. The van der Waals surface area contributed by atoms with E-state index in [1.54, 1.807) is 6.92 Å². The van der Waals surface area contributed by atoms with Gasteiger partial charge in [-0.3, -0.25) is 0 Å². The summed E-state index contributed by atoms with van der Waals surface area (Å²) in [7, 11) is 0. The van der Waals surface area contributed by atoms with Crippen LogP contribution in [0.25, 0.3) is 0 Å². The molecule has 1 atom stereocenters. The van der Waals surface area contributed by atoms with Crippen molar-refractivity contribution in [2.45, 2.75) is 26.2 Å². The lowest BCUT2D eigenvalue weighted by Gasteiger charge is -2.30. The van der Waals surface area contributed by atoms with Gasteiger partial charge in [0.1, 0.15) is 0 Å². The first kappa shape index (κ1) is 24.3. The highest BCUT2D eigenvalue weighted by molar-refractivity contribution is 5.91. The molecule has 10 nitrogen and oxygen atoms in total. The third kappa shape index (κ3) is 7.21. The van der Waals surface area contributed by atoms with Gasteiger partial charge in [-0.1, -0.05) is 13.5 Å². The SMILES string of the molecule is C=CC(=O)OC(CC)(OC(=O)C(=C)OCC)OC(=O)C(CO)=C(CO)CO. The average molecular weight is 388 g/mol. The first-order chi connectivity index (χ1) is 12.7. The molecule has 3 N–H and O–H groups in total. The predicted molar refractivity (Wildman–Crippen MR) is 90.5 cm³/mol. The number of carbonyl (C=O) groups excluding carboxylic acids is 3. The first-order valence-electron chi connectivity index (χ1n) is 7.91. The molecule has 0 aromatic heterocycles. The molecule has 152 valence electrons. The summed E-state index contributed by atoms with van der Waals surface area (Å²) in [5.74, 6) is -6.47. The maximum absolute atomic E-state index is 12.3. The van der Waals surface area contributed by atoms with Gasteiger partial charge in [-0.15, -0.1) is 0 Å². The fourth-order valence-corrected chi connectivity index (χ4v) is 1.67. The maximum atomic E-state index is 12.3. The molecule has 0 aliphatic heterocycles. The molecule has 0 aliphatic rings. The van der Waals surface area contributed by atoms with Gasteiger partial charge in [-0.2, -0.15) is 0 Å². The molecule has 27 heavy (non-hydrogen) atoms. The largest absolute Gasteiger partial charge is 0.487 e. The number of aliphatic hydroxyl groups is 3. The van der Waals surface area contributed by atoms with Crippen LogP contribution < -0.4 is 0 Å². The van der Waals surface area contributed by atoms with Crippen LogP contribution >= 0.6 is 0 Å². The number of ether oxygens (including phenoxy) is 4. The van der Waals surface area contributed by atoms with Gasteiger partial charge < -0.3 is 34.3 Å². The number of hydrogen-bond acceptors (Lipinski definition) is 10. The van der Waals surface area contributed by atoms with Crippen LogP contribution in [0.2, 0.25) is 0 Å². The zero-order valence-corrected chi connectivity index (χ0v) is 15.2. The highest BCUT2D eigenvalue weighted by atomic mass is 16.9. The summed E-state index contributed by atoms with van der Waals surface area (Å²) in [5.41, 5.74) is -0.722. The minimum Gasteiger partial charge on any atom is -0.487 e. The van der Waals surface area contributed by atoms with Gasteiger partial charge in [-0.25, -0.2) is 14.4 Å². The Hall–Kier alpha value is -2.69. The second kappa shape index (κ2) is 11.8. The average Bonchev–Trinajstić information content (AvgIpc) is 2.65. The smallest absolute Gasteiger partial charge is 0.423 e. The second-order valence-electron chi connectivity index (χ2n) is 4.85. The van der Waals surface area contributed by atoms with E-state index in [2.05, 4.69) is 13.2 Å². The van der Waals surface area contributed by atoms with Crippen LogP contribution in [0.3, 0.4) is 0 Å². The van der Waals surface area contributed by atoms with Crippen LogP contribution in [0.15, 0.2) is 36.1 Å². The monoisotopic (exact) mass is 388 g/mol. The summed E-state index contributed by atoms with van der Waals surface area (Å²) in [6.45, 7) is 7.22. The van der Waals surface area contributed by atoms with Crippen LogP contribution in [-0.4, -0.2) is 65.6 Å². The van der Waals surface area contributed by atoms with Gasteiger partial charge in [0.15, 0.2) is 5.76 Å². The Morgan fingerprint density at radius 2 is 1.52 bits per heavy atom. The molecule has 0 spiro atoms. The fraction of sp³-hybridized carbons (Fsp3) is 0.471. The van der Waals surface area contributed by atoms with E-state index in [1.807, 2.05) is 0 Å². The standard InChI is InChI=1S/C17H24O10/c1-5-14(21)25-17(6-2,26-15(22)11(4)24-7-3)27-16(23)13(10-20)12(8-18)9-19/h5,18-20H,1,4,6-10H2,2-3H3. The van der Waals surface area contributed by atoms with Crippen LogP contribution in [-0.2, 0) is 33.3 Å². The maximum Gasteiger partial charge on any atom is 0.423 e. The number of carbonyl (C=O) groups is 3. The summed E-state index contributed by atoms with van der Waals surface area (Å²) in [6.07, 6.45) is 0.412. The van der Waals surface area contributed by atoms with Gasteiger partial charge in [0.05, 0.1) is 38.4 Å². The van der Waals surface area contributed by atoms with Gasteiger partial charge in [-0.05, 0) is 19.1 Å². The van der Waals surface area contributed by atoms with Crippen LogP contribution in [0, 0.1) is 0 Å².